The van der Waals surface area contributed by atoms with Crippen molar-refractivity contribution in [3.05, 3.63) is 69.4 Å². The van der Waals surface area contributed by atoms with Gasteiger partial charge < -0.3 is 19.1 Å². The molecule has 2 aromatic carbocycles. The van der Waals surface area contributed by atoms with Crippen LogP contribution in [0, 0.1) is 6.92 Å². The smallest absolute Gasteiger partial charge is 0.349 e. The molecular weight excluding hydrogens is 426 g/mol. The lowest BCUT2D eigenvalue weighted by Crippen LogP contribution is -2.38. The minimum absolute atomic E-state index is 0.216. The van der Waals surface area contributed by atoms with Gasteiger partial charge in [0.15, 0.2) is 18.1 Å². The number of aryl methyl sites for hydroxylation is 1. The summed E-state index contributed by atoms with van der Waals surface area (Å²) < 4.78 is 16.1. The van der Waals surface area contributed by atoms with Gasteiger partial charge in [0.05, 0.1) is 14.2 Å². The summed E-state index contributed by atoms with van der Waals surface area (Å²) in [7, 11) is 3.19. The largest absolute Gasteiger partial charge is 0.493 e. The predicted molar refractivity (Wildman–Crippen MR) is 123 cm³/mol. The van der Waals surface area contributed by atoms with E-state index in [1.165, 1.54) is 11.3 Å². The van der Waals surface area contributed by atoms with Crippen LogP contribution in [0.1, 0.15) is 26.4 Å². The Morgan fingerprint density at radius 2 is 1.69 bits per heavy atom. The molecule has 0 unspecified atom stereocenters. The number of fused-ring (bicyclic) bond motifs is 1. The Morgan fingerprint density at radius 3 is 2.38 bits per heavy atom. The summed E-state index contributed by atoms with van der Waals surface area (Å²) in [5.74, 6) is 0.619. The average Bonchev–Trinajstić information content (AvgIpc) is 3.31. The molecular formula is C25H25NO5S. The highest BCUT2D eigenvalue weighted by Crippen LogP contribution is 2.33. The van der Waals surface area contributed by atoms with Gasteiger partial charge in [0.2, 0.25) is 0 Å². The topological polar surface area (TPSA) is 65.1 Å². The summed E-state index contributed by atoms with van der Waals surface area (Å²) in [6, 6.07) is 13.7. The predicted octanol–water partition coefficient (Wildman–Crippen LogP) is 4.48. The van der Waals surface area contributed by atoms with Crippen LogP contribution in [-0.2, 0) is 22.5 Å². The van der Waals surface area contributed by atoms with E-state index in [4.69, 9.17) is 14.2 Å². The van der Waals surface area contributed by atoms with Gasteiger partial charge in [-0.05, 0) is 53.6 Å². The highest BCUT2D eigenvalue weighted by Gasteiger charge is 2.24. The molecule has 4 rings (SSSR count). The average molecular weight is 452 g/mol. The molecule has 1 amide bonds. The van der Waals surface area contributed by atoms with E-state index in [0.29, 0.717) is 35.9 Å². The summed E-state index contributed by atoms with van der Waals surface area (Å²) in [6.07, 6.45) is 0.706. The minimum Gasteiger partial charge on any atom is -0.493 e. The Kier molecular flexibility index (Phi) is 6.46. The van der Waals surface area contributed by atoms with Crippen LogP contribution in [-0.4, -0.2) is 44.1 Å². The van der Waals surface area contributed by atoms with Crippen LogP contribution >= 0.6 is 11.3 Å². The number of nitrogens with zero attached hydrogens (tertiary/aromatic N) is 1. The molecule has 166 valence electrons. The molecule has 0 N–H and O–H groups in total. The normalized spacial score (nSPS) is 12.8. The quantitative estimate of drug-likeness (QED) is 0.517. The molecule has 6 nitrogen and oxygen atoms in total. The third kappa shape index (κ3) is 4.48. The van der Waals surface area contributed by atoms with E-state index in [9.17, 15) is 9.59 Å². The first-order chi connectivity index (χ1) is 15.5. The molecule has 0 saturated heterocycles. The summed E-state index contributed by atoms with van der Waals surface area (Å²) in [5.41, 5.74) is 5.06. The summed E-state index contributed by atoms with van der Waals surface area (Å²) in [5, 5.41) is 1.86. The fourth-order valence-corrected chi connectivity index (χ4v) is 4.62. The summed E-state index contributed by atoms with van der Waals surface area (Å²) in [6.45, 7) is 2.74. The number of amides is 1. The Balaban J connectivity index is 1.40. The SMILES string of the molecule is COc1cc2c(cc1OC)CN(C(=O)COC(=O)c1sccc1-c1ccc(C)cc1)CC2. The highest BCUT2D eigenvalue weighted by atomic mass is 32.1. The van der Waals surface area contributed by atoms with E-state index in [0.717, 1.165) is 27.8 Å². The molecule has 32 heavy (non-hydrogen) atoms. The number of esters is 1. The fourth-order valence-electron chi connectivity index (χ4n) is 3.81. The monoisotopic (exact) mass is 451 g/mol. The van der Waals surface area contributed by atoms with E-state index in [1.807, 2.05) is 54.8 Å². The van der Waals surface area contributed by atoms with Crippen LogP contribution in [0.4, 0.5) is 0 Å². The highest BCUT2D eigenvalue weighted by molar-refractivity contribution is 7.12. The molecule has 0 bridgehead atoms. The van der Waals surface area contributed by atoms with Gasteiger partial charge in [-0.25, -0.2) is 4.79 Å². The van der Waals surface area contributed by atoms with Crippen LogP contribution in [0.15, 0.2) is 47.8 Å². The fraction of sp³-hybridized carbons (Fsp3) is 0.280. The molecule has 3 aromatic rings. The lowest BCUT2D eigenvalue weighted by Gasteiger charge is -2.29. The van der Waals surface area contributed by atoms with Crippen molar-refractivity contribution in [2.75, 3.05) is 27.4 Å². The maximum absolute atomic E-state index is 12.7. The maximum Gasteiger partial charge on any atom is 0.349 e. The molecule has 1 aliphatic heterocycles. The van der Waals surface area contributed by atoms with Gasteiger partial charge in [0, 0.05) is 18.7 Å². The molecule has 0 aliphatic carbocycles. The van der Waals surface area contributed by atoms with E-state index in [2.05, 4.69) is 0 Å². The lowest BCUT2D eigenvalue weighted by molar-refractivity contribution is -0.135. The number of hydrogen-bond acceptors (Lipinski definition) is 6. The molecule has 0 saturated carbocycles. The lowest BCUT2D eigenvalue weighted by atomic mass is 9.99. The second-order valence-electron chi connectivity index (χ2n) is 7.65. The van der Waals surface area contributed by atoms with Gasteiger partial charge in [-0.1, -0.05) is 29.8 Å². The molecule has 1 aromatic heterocycles. The zero-order valence-electron chi connectivity index (χ0n) is 18.3. The first-order valence-electron chi connectivity index (χ1n) is 10.3. The number of thiophene rings is 1. The Hall–Kier alpha value is -3.32. The summed E-state index contributed by atoms with van der Waals surface area (Å²) >= 11 is 1.32. The van der Waals surface area contributed by atoms with Gasteiger partial charge in [-0.15, -0.1) is 11.3 Å². The number of carbonyl (C=O) groups excluding carboxylic acids is 2. The zero-order valence-corrected chi connectivity index (χ0v) is 19.2. The molecule has 0 spiro atoms. The van der Waals surface area contributed by atoms with Crippen LogP contribution in [0.2, 0.25) is 0 Å². The maximum atomic E-state index is 12.7. The van der Waals surface area contributed by atoms with Crippen molar-refractivity contribution in [3.63, 3.8) is 0 Å². The van der Waals surface area contributed by atoms with Crippen molar-refractivity contribution in [1.82, 2.24) is 4.90 Å². The molecule has 7 heteroatoms. The van der Waals surface area contributed by atoms with Crippen LogP contribution in [0.5, 0.6) is 11.5 Å². The van der Waals surface area contributed by atoms with Crippen molar-refractivity contribution >= 4 is 23.2 Å². The molecule has 0 fully saturated rings. The van der Waals surface area contributed by atoms with E-state index in [-0.39, 0.29) is 12.5 Å². The van der Waals surface area contributed by atoms with Gasteiger partial charge in [0.25, 0.3) is 5.91 Å². The first-order valence-corrected chi connectivity index (χ1v) is 11.2. The van der Waals surface area contributed by atoms with E-state index < -0.39 is 5.97 Å². The second kappa shape index (κ2) is 9.44. The standard InChI is InChI=1S/C25H25NO5S/c1-16-4-6-17(7-5-16)20-9-11-32-24(20)25(28)31-15-23(27)26-10-8-18-12-21(29-2)22(30-3)13-19(18)14-26/h4-7,9,11-13H,8,10,14-15H2,1-3H3. The number of hydrogen-bond donors (Lipinski definition) is 0. The van der Waals surface area contributed by atoms with E-state index >= 15 is 0 Å². The summed E-state index contributed by atoms with van der Waals surface area (Å²) in [4.78, 5) is 27.6. The zero-order chi connectivity index (χ0) is 22.7. The number of rotatable bonds is 6. The van der Waals surface area contributed by atoms with Crippen LogP contribution < -0.4 is 9.47 Å². The second-order valence-corrected chi connectivity index (χ2v) is 8.56. The first kappa shape index (κ1) is 21.9. The van der Waals surface area contributed by atoms with Crippen molar-refractivity contribution < 1.29 is 23.8 Å². The van der Waals surface area contributed by atoms with Gasteiger partial charge in [-0.3, -0.25) is 4.79 Å². The minimum atomic E-state index is -0.479. The Morgan fingerprint density at radius 1 is 1.00 bits per heavy atom. The Labute approximate surface area is 191 Å². The van der Waals surface area contributed by atoms with Gasteiger partial charge in [-0.2, -0.15) is 0 Å². The number of methoxy groups -OCH3 is 2. The van der Waals surface area contributed by atoms with E-state index in [1.54, 1.807) is 19.1 Å². The molecule has 0 radical (unpaired) electrons. The molecule has 0 atom stereocenters. The van der Waals surface area contributed by atoms with Gasteiger partial charge in [0.1, 0.15) is 4.88 Å². The van der Waals surface area contributed by atoms with Crippen molar-refractivity contribution in [2.45, 2.75) is 19.9 Å². The van der Waals surface area contributed by atoms with Gasteiger partial charge >= 0.3 is 5.97 Å². The van der Waals surface area contributed by atoms with Crippen molar-refractivity contribution in [2.24, 2.45) is 0 Å². The number of ether oxygens (including phenoxy) is 3. The third-order valence-corrected chi connectivity index (χ3v) is 6.51. The number of benzene rings is 2. The molecule has 2 heterocycles. The van der Waals surface area contributed by atoms with Crippen molar-refractivity contribution in [3.8, 4) is 22.6 Å². The third-order valence-electron chi connectivity index (χ3n) is 5.61. The Bertz CT molecular complexity index is 1140. The number of carbonyl (C=O) groups is 2. The van der Waals surface area contributed by atoms with Crippen LogP contribution in [0.3, 0.4) is 0 Å². The van der Waals surface area contributed by atoms with Crippen molar-refractivity contribution in [1.29, 1.82) is 0 Å². The molecule has 1 aliphatic rings. The van der Waals surface area contributed by atoms with Crippen LogP contribution in [0.25, 0.3) is 11.1 Å².